The Hall–Kier alpha value is -3.53. The first kappa shape index (κ1) is 23.1. The third kappa shape index (κ3) is 6.01. The number of carbonyl (C=O) groups excluding carboxylic acids is 3. The summed E-state index contributed by atoms with van der Waals surface area (Å²) >= 11 is 1.54. The standard InChI is InChI=1S/C22H24N4O5S/c1-14-18(25-22(32-14)15-7-5-4-6-8-15)11-19(27)24-16-12-23-26(13-16)17(9-20(28)30-2)10-21(29)31-3/h4-8,12-13,17H,9-11H2,1-3H3,(H,24,27). The molecule has 0 atom stereocenters. The van der Waals surface area contributed by atoms with E-state index in [0.29, 0.717) is 11.4 Å². The molecule has 1 N–H and O–H groups in total. The van der Waals surface area contributed by atoms with E-state index in [4.69, 9.17) is 9.47 Å². The number of esters is 2. The van der Waals surface area contributed by atoms with Crippen molar-refractivity contribution >= 4 is 34.9 Å². The Morgan fingerprint density at radius 2 is 1.75 bits per heavy atom. The van der Waals surface area contributed by atoms with Gasteiger partial charge in [0.25, 0.3) is 0 Å². The van der Waals surface area contributed by atoms with E-state index in [2.05, 4.69) is 15.4 Å². The molecule has 0 saturated carbocycles. The van der Waals surface area contributed by atoms with Crippen molar-refractivity contribution in [3.8, 4) is 10.6 Å². The number of hydrogen-bond donors (Lipinski definition) is 1. The van der Waals surface area contributed by atoms with Crippen LogP contribution in [-0.2, 0) is 30.3 Å². The van der Waals surface area contributed by atoms with E-state index in [1.165, 1.54) is 25.1 Å². The Kier molecular flexibility index (Phi) is 7.72. The fourth-order valence-electron chi connectivity index (χ4n) is 3.07. The van der Waals surface area contributed by atoms with Gasteiger partial charge in [-0.25, -0.2) is 4.98 Å². The number of aryl methyl sites for hydroxylation is 1. The summed E-state index contributed by atoms with van der Waals surface area (Å²) in [4.78, 5) is 41.6. The van der Waals surface area contributed by atoms with Crippen molar-refractivity contribution in [2.75, 3.05) is 19.5 Å². The summed E-state index contributed by atoms with van der Waals surface area (Å²) in [6.07, 6.45) is 3.04. The summed E-state index contributed by atoms with van der Waals surface area (Å²) in [5.74, 6) is -1.20. The molecule has 3 aromatic rings. The van der Waals surface area contributed by atoms with Crippen LogP contribution in [0.15, 0.2) is 42.7 Å². The van der Waals surface area contributed by atoms with Gasteiger partial charge in [0, 0.05) is 16.6 Å². The van der Waals surface area contributed by atoms with Crippen LogP contribution in [-0.4, -0.2) is 46.8 Å². The lowest BCUT2D eigenvalue weighted by atomic mass is 10.1. The maximum atomic E-state index is 12.6. The van der Waals surface area contributed by atoms with Gasteiger partial charge in [-0.3, -0.25) is 19.1 Å². The van der Waals surface area contributed by atoms with Crippen LogP contribution < -0.4 is 5.32 Å². The number of nitrogens with one attached hydrogen (secondary N) is 1. The third-order valence-electron chi connectivity index (χ3n) is 4.76. The quantitative estimate of drug-likeness (QED) is 0.492. The van der Waals surface area contributed by atoms with Gasteiger partial charge >= 0.3 is 11.9 Å². The first-order valence-corrected chi connectivity index (χ1v) is 10.7. The van der Waals surface area contributed by atoms with Crippen molar-refractivity contribution < 1.29 is 23.9 Å². The molecule has 0 aliphatic rings. The van der Waals surface area contributed by atoms with Crippen molar-refractivity contribution in [1.82, 2.24) is 14.8 Å². The summed E-state index contributed by atoms with van der Waals surface area (Å²) in [5, 5.41) is 7.84. The maximum absolute atomic E-state index is 12.6. The van der Waals surface area contributed by atoms with E-state index >= 15 is 0 Å². The van der Waals surface area contributed by atoms with Crippen molar-refractivity contribution in [3.63, 3.8) is 0 Å². The SMILES string of the molecule is COC(=O)CC(CC(=O)OC)n1cc(NC(=O)Cc2nc(-c3ccccc3)sc2C)cn1. The Morgan fingerprint density at radius 1 is 1.09 bits per heavy atom. The molecule has 10 heteroatoms. The van der Waals surface area contributed by atoms with Gasteiger partial charge < -0.3 is 14.8 Å². The molecule has 0 bridgehead atoms. The minimum absolute atomic E-state index is 0.0546. The molecule has 0 radical (unpaired) electrons. The van der Waals surface area contributed by atoms with Gasteiger partial charge in [-0.05, 0) is 6.92 Å². The predicted molar refractivity (Wildman–Crippen MR) is 119 cm³/mol. The number of thiazole rings is 1. The molecule has 2 aromatic heterocycles. The van der Waals surface area contributed by atoms with E-state index in [-0.39, 0.29) is 25.2 Å². The number of benzene rings is 1. The van der Waals surface area contributed by atoms with Gasteiger partial charge in [0.2, 0.25) is 5.91 Å². The lowest BCUT2D eigenvalue weighted by Crippen LogP contribution is -2.19. The number of aromatic nitrogens is 3. The minimum Gasteiger partial charge on any atom is -0.469 e. The van der Waals surface area contributed by atoms with Gasteiger partial charge in [-0.2, -0.15) is 5.10 Å². The van der Waals surface area contributed by atoms with Gasteiger partial charge in [0.1, 0.15) is 5.01 Å². The number of ether oxygens (including phenoxy) is 2. The van der Waals surface area contributed by atoms with Crippen LogP contribution in [0.5, 0.6) is 0 Å². The smallest absolute Gasteiger partial charge is 0.307 e. The molecule has 2 heterocycles. The number of methoxy groups -OCH3 is 2. The third-order valence-corrected chi connectivity index (χ3v) is 5.82. The average Bonchev–Trinajstić information content (AvgIpc) is 3.40. The summed E-state index contributed by atoms with van der Waals surface area (Å²) in [6.45, 7) is 1.94. The molecule has 0 fully saturated rings. The molecule has 0 saturated heterocycles. The number of amides is 1. The minimum atomic E-state index is -0.588. The maximum Gasteiger partial charge on any atom is 0.307 e. The molecule has 32 heavy (non-hydrogen) atoms. The number of hydrogen-bond acceptors (Lipinski definition) is 8. The molecule has 1 amide bonds. The number of carbonyl (C=O) groups is 3. The van der Waals surface area contributed by atoms with Crippen LogP contribution in [0.2, 0.25) is 0 Å². The fraction of sp³-hybridized carbons (Fsp3) is 0.318. The Morgan fingerprint density at radius 3 is 2.38 bits per heavy atom. The molecule has 0 aliphatic heterocycles. The topological polar surface area (TPSA) is 112 Å². The Balaban J connectivity index is 1.66. The molecule has 1 aromatic carbocycles. The highest BCUT2D eigenvalue weighted by Gasteiger charge is 2.22. The first-order valence-electron chi connectivity index (χ1n) is 9.89. The van der Waals surface area contributed by atoms with Gasteiger partial charge in [0.15, 0.2) is 0 Å². The van der Waals surface area contributed by atoms with Gasteiger partial charge in [-0.1, -0.05) is 30.3 Å². The van der Waals surface area contributed by atoms with Crippen LogP contribution in [0.3, 0.4) is 0 Å². The molecule has 168 valence electrons. The largest absolute Gasteiger partial charge is 0.469 e. The van der Waals surface area contributed by atoms with Gasteiger partial charge in [-0.15, -0.1) is 11.3 Å². The van der Waals surface area contributed by atoms with Crippen LogP contribution in [0, 0.1) is 6.92 Å². The Labute approximate surface area is 189 Å². The highest BCUT2D eigenvalue weighted by atomic mass is 32.1. The molecule has 3 rings (SSSR count). The number of anilines is 1. The second kappa shape index (κ2) is 10.7. The number of nitrogens with zero attached hydrogens (tertiary/aromatic N) is 3. The van der Waals surface area contributed by atoms with E-state index in [9.17, 15) is 14.4 Å². The lowest BCUT2D eigenvalue weighted by Gasteiger charge is -2.15. The molecular formula is C22H24N4O5S. The molecule has 0 spiro atoms. The fourth-order valence-corrected chi connectivity index (χ4v) is 4.00. The second-order valence-electron chi connectivity index (χ2n) is 7.04. The monoisotopic (exact) mass is 456 g/mol. The van der Waals surface area contributed by atoms with Crippen molar-refractivity contribution in [2.45, 2.75) is 32.2 Å². The van der Waals surface area contributed by atoms with E-state index in [1.807, 2.05) is 37.3 Å². The molecular weight excluding hydrogens is 432 g/mol. The summed E-state index contributed by atoms with van der Waals surface area (Å²) < 4.78 is 10.8. The zero-order valence-corrected chi connectivity index (χ0v) is 18.8. The highest BCUT2D eigenvalue weighted by molar-refractivity contribution is 7.15. The van der Waals surface area contributed by atoms with Crippen LogP contribution >= 0.6 is 11.3 Å². The van der Waals surface area contributed by atoms with Crippen LogP contribution in [0.4, 0.5) is 5.69 Å². The summed E-state index contributed by atoms with van der Waals surface area (Å²) in [5.41, 5.74) is 2.18. The highest BCUT2D eigenvalue weighted by Crippen LogP contribution is 2.28. The zero-order chi connectivity index (χ0) is 23.1. The molecule has 9 nitrogen and oxygen atoms in total. The predicted octanol–water partition coefficient (Wildman–Crippen LogP) is 3.16. The second-order valence-corrected chi connectivity index (χ2v) is 8.24. The number of rotatable bonds is 9. The molecule has 0 aliphatic carbocycles. The zero-order valence-electron chi connectivity index (χ0n) is 18.0. The van der Waals surface area contributed by atoms with Crippen LogP contribution in [0.25, 0.3) is 10.6 Å². The average molecular weight is 457 g/mol. The Bertz CT molecular complexity index is 1070. The van der Waals surface area contributed by atoms with E-state index in [1.54, 1.807) is 17.5 Å². The van der Waals surface area contributed by atoms with Crippen molar-refractivity contribution in [2.24, 2.45) is 0 Å². The van der Waals surface area contributed by atoms with Crippen molar-refractivity contribution in [1.29, 1.82) is 0 Å². The van der Waals surface area contributed by atoms with E-state index < -0.39 is 18.0 Å². The van der Waals surface area contributed by atoms with Gasteiger partial charge in [0.05, 0.1) is 57.1 Å². The van der Waals surface area contributed by atoms with Crippen molar-refractivity contribution in [3.05, 3.63) is 53.3 Å². The molecule has 0 unspecified atom stereocenters. The normalized spacial score (nSPS) is 10.8. The van der Waals surface area contributed by atoms with E-state index in [0.717, 1.165) is 15.4 Å². The lowest BCUT2D eigenvalue weighted by molar-refractivity contribution is -0.144. The first-order chi connectivity index (χ1) is 15.4. The van der Waals surface area contributed by atoms with Crippen LogP contribution in [0.1, 0.15) is 29.5 Å². The summed E-state index contributed by atoms with van der Waals surface area (Å²) in [7, 11) is 2.55. The summed E-state index contributed by atoms with van der Waals surface area (Å²) in [6, 6.07) is 9.22.